The number of amides is 1. The van der Waals surface area contributed by atoms with Crippen molar-refractivity contribution in [1.82, 2.24) is 15.1 Å². The lowest BCUT2D eigenvalue weighted by Crippen LogP contribution is -2.45. The summed E-state index contributed by atoms with van der Waals surface area (Å²) in [6.07, 6.45) is -0.610. The van der Waals surface area contributed by atoms with Crippen LogP contribution in [0.5, 0.6) is 11.5 Å². The van der Waals surface area contributed by atoms with Gasteiger partial charge in [-0.2, -0.15) is 5.10 Å². The molecule has 0 saturated carbocycles. The molecular formula is C18H23N3O3. The molecule has 1 aliphatic heterocycles. The van der Waals surface area contributed by atoms with Gasteiger partial charge in [0.05, 0.1) is 5.69 Å². The molecule has 2 aromatic rings. The summed E-state index contributed by atoms with van der Waals surface area (Å²) in [7, 11) is 0. The van der Waals surface area contributed by atoms with Gasteiger partial charge < -0.3 is 14.8 Å². The molecule has 0 saturated heterocycles. The fourth-order valence-electron chi connectivity index (χ4n) is 2.76. The van der Waals surface area contributed by atoms with E-state index in [1.807, 2.05) is 36.7 Å². The molecule has 0 unspecified atom stereocenters. The molecule has 6 heteroatoms. The quantitative estimate of drug-likeness (QED) is 0.912. The maximum atomic E-state index is 12.3. The molecule has 128 valence electrons. The maximum absolute atomic E-state index is 12.3. The third kappa shape index (κ3) is 3.69. The highest BCUT2D eigenvalue weighted by Gasteiger charge is 2.27. The van der Waals surface area contributed by atoms with Gasteiger partial charge in [0.15, 0.2) is 11.5 Å². The lowest BCUT2D eigenvalue weighted by molar-refractivity contribution is -0.130. The summed E-state index contributed by atoms with van der Waals surface area (Å²) < 4.78 is 13.3. The molecule has 0 bridgehead atoms. The van der Waals surface area contributed by atoms with Gasteiger partial charge in [0.2, 0.25) is 6.10 Å². The van der Waals surface area contributed by atoms with Crippen LogP contribution in [0.4, 0.5) is 0 Å². The molecule has 6 nitrogen and oxygen atoms in total. The third-order valence-corrected chi connectivity index (χ3v) is 4.01. The predicted octanol–water partition coefficient (Wildman–Crippen LogP) is 2.09. The summed E-state index contributed by atoms with van der Waals surface area (Å²) in [6.45, 7) is 7.67. The van der Waals surface area contributed by atoms with Crippen molar-refractivity contribution >= 4 is 5.91 Å². The Morgan fingerprint density at radius 2 is 2.12 bits per heavy atom. The summed E-state index contributed by atoms with van der Waals surface area (Å²) in [5.74, 6) is 1.41. The monoisotopic (exact) mass is 329 g/mol. The predicted molar refractivity (Wildman–Crippen MR) is 90.2 cm³/mol. The van der Waals surface area contributed by atoms with Crippen LogP contribution < -0.4 is 14.8 Å². The third-order valence-electron chi connectivity index (χ3n) is 4.01. The van der Waals surface area contributed by atoms with Crippen molar-refractivity contribution < 1.29 is 14.3 Å². The Balaban J connectivity index is 1.50. The first-order chi connectivity index (χ1) is 11.5. The van der Waals surface area contributed by atoms with E-state index in [1.165, 1.54) is 0 Å². The zero-order chi connectivity index (χ0) is 17.1. The van der Waals surface area contributed by atoms with E-state index >= 15 is 0 Å². The van der Waals surface area contributed by atoms with Gasteiger partial charge in [-0.05, 0) is 38.0 Å². The Morgan fingerprint density at radius 1 is 1.38 bits per heavy atom. The fourth-order valence-corrected chi connectivity index (χ4v) is 2.76. The van der Waals surface area contributed by atoms with Crippen molar-refractivity contribution in [2.24, 2.45) is 5.92 Å². The average Bonchev–Trinajstić information content (AvgIpc) is 2.89. The van der Waals surface area contributed by atoms with E-state index in [4.69, 9.17) is 9.47 Å². The van der Waals surface area contributed by atoms with Crippen molar-refractivity contribution in [3.05, 3.63) is 41.7 Å². The van der Waals surface area contributed by atoms with Gasteiger partial charge in [-0.3, -0.25) is 9.48 Å². The minimum atomic E-state index is -0.610. The molecule has 2 atom stereocenters. The van der Waals surface area contributed by atoms with Crippen molar-refractivity contribution in [3.63, 3.8) is 0 Å². The zero-order valence-electron chi connectivity index (χ0n) is 14.3. The molecule has 3 rings (SSSR count). The summed E-state index contributed by atoms with van der Waals surface area (Å²) in [5.41, 5.74) is 2.14. The molecule has 1 aromatic carbocycles. The van der Waals surface area contributed by atoms with Gasteiger partial charge in [-0.25, -0.2) is 0 Å². The van der Waals surface area contributed by atoms with E-state index in [9.17, 15) is 4.79 Å². The van der Waals surface area contributed by atoms with Gasteiger partial charge in [0, 0.05) is 18.8 Å². The number of nitrogens with zero attached hydrogens (tertiary/aromatic N) is 2. The topological polar surface area (TPSA) is 65.4 Å². The van der Waals surface area contributed by atoms with Crippen LogP contribution in [-0.4, -0.2) is 34.9 Å². The lowest BCUT2D eigenvalue weighted by Gasteiger charge is -2.26. The number of hydrogen-bond donors (Lipinski definition) is 1. The number of para-hydroxylation sites is 2. The highest BCUT2D eigenvalue weighted by molar-refractivity contribution is 5.81. The normalized spacial score (nSPS) is 17.4. The Bertz CT molecular complexity index is 726. The Kier molecular flexibility index (Phi) is 4.74. The molecule has 0 aliphatic carbocycles. The van der Waals surface area contributed by atoms with E-state index in [0.717, 1.165) is 17.9 Å². The molecule has 1 amide bonds. The van der Waals surface area contributed by atoms with Crippen molar-refractivity contribution in [3.8, 4) is 11.5 Å². The molecule has 0 radical (unpaired) electrons. The number of rotatable bonds is 5. The van der Waals surface area contributed by atoms with Crippen LogP contribution in [0.2, 0.25) is 0 Å². The summed E-state index contributed by atoms with van der Waals surface area (Å²) in [5, 5.41) is 7.40. The summed E-state index contributed by atoms with van der Waals surface area (Å²) in [6, 6.07) is 9.43. The zero-order valence-corrected chi connectivity index (χ0v) is 14.3. The number of aromatic nitrogens is 2. The van der Waals surface area contributed by atoms with Crippen molar-refractivity contribution in [2.75, 3.05) is 13.2 Å². The molecule has 2 heterocycles. The molecule has 1 N–H and O–H groups in total. The highest BCUT2D eigenvalue weighted by Crippen LogP contribution is 2.30. The van der Waals surface area contributed by atoms with Gasteiger partial charge >= 0.3 is 0 Å². The lowest BCUT2D eigenvalue weighted by atomic mass is 10.1. The van der Waals surface area contributed by atoms with Crippen LogP contribution >= 0.6 is 0 Å². The van der Waals surface area contributed by atoms with Gasteiger partial charge in [-0.15, -0.1) is 0 Å². The number of fused-ring (bicyclic) bond motifs is 1. The van der Waals surface area contributed by atoms with Gasteiger partial charge in [0.25, 0.3) is 5.91 Å². The first-order valence-corrected chi connectivity index (χ1v) is 8.20. The number of nitrogens with one attached hydrogen (secondary N) is 1. The van der Waals surface area contributed by atoms with E-state index in [1.54, 1.807) is 6.07 Å². The van der Waals surface area contributed by atoms with E-state index < -0.39 is 6.10 Å². The Hall–Kier alpha value is -2.50. The van der Waals surface area contributed by atoms with Crippen LogP contribution in [-0.2, 0) is 11.3 Å². The van der Waals surface area contributed by atoms with Crippen LogP contribution in [0.15, 0.2) is 30.3 Å². The second-order valence-electron chi connectivity index (χ2n) is 6.32. The standard InChI is InChI=1S/C18H23N3O3/c1-12(10-21-14(3)8-13(2)20-21)9-19-18(22)17-11-23-15-6-4-5-7-16(15)24-17/h4-8,12,17H,9-11H2,1-3H3,(H,19,22)/t12-,17-/m0/s1. The van der Waals surface area contributed by atoms with Crippen LogP contribution in [0.1, 0.15) is 18.3 Å². The van der Waals surface area contributed by atoms with Crippen molar-refractivity contribution in [2.45, 2.75) is 33.4 Å². The van der Waals surface area contributed by atoms with E-state index in [2.05, 4.69) is 23.4 Å². The molecule has 0 spiro atoms. The highest BCUT2D eigenvalue weighted by atomic mass is 16.6. The number of aryl methyl sites for hydroxylation is 2. The first-order valence-electron chi connectivity index (χ1n) is 8.20. The van der Waals surface area contributed by atoms with E-state index in [-0.39, 0.29) is 18.4 Å². The maximum Gasteiger partial charge on any atom is 0.264 e. The average molecular weight is 329 g/mol. The van der Waals surface area contributed by atoms with Gasteiger partial charge in [0.1, 0.15) is 6.61 Å². The molecule has 1 aromatic heterocycles. The second-order valence-corrected chi connectivity index (χ2v) is 6.32. The fraction of sp³-hybridized carbons (Fsp3) is 0.444. The number of benzene rings is 1. The van der Waals surface area contributed by atoms with E-state index in [0.29, 0.717) is 18.0 Å². The molecule has 24 heavy (non-hydrogen) atoms. The van der Waals surface area contributed by atoms with Crippen LogP contribution in [0.25, 0.3) is 0 Å². The Morgan fingerprint density at radius 3 is 2.83 bits per heavy atom. The van der Waals surface area contributed by atoms with Crippen molar-refractivity contribution in [1.29, 1.82) is 0 Å². The van der Waals surface area contributed by atoms with Crippen LogP contribution in [0.3, 0.4) is 0 Å². The minimum Gasteiger partial charge on any atom is -0.485 e. The SMILES string of the molecule is Cc1cc(C)n(C[C@@H](C)CNC(=O)[C@@H]2COc3ccccc3O2)n1. The van der Waals surface area contributed by atoms with Gasteiger partial charge in [-0.1, -0.05) is 19.1 Å². The van der Waals surface area contributed by atoms with Crippen LogP contribution in [0, 0.1) is 19.8 Å². The number of ether oxygens (including phenoxy) is 2. The first kappa shape index (κ1) is 16.4. The smallest absolute Gasteiger partial charge is 0.264 e. The molecular weight excluding hydrogens is 306 g/mol. The summed E-state index contributed by atoms with van der Waals surface area (Å²) >= 11 is 0. The number of carbonyl (C=O) groups excluding carboxylic acids is 1. The second kappa shape index (κ2) is 6.95. The number of carbonyl (C=O) groups is 1. The largest absolute Gasteiger partial charge is 0.485 e. The molecule has 1 aliphatic rings. The summed E-state index contributed by atoms with van der Waals surface area (Å²) in [4.78, 5) is 12.3. The Labute approximate surface area is 141 Å². The minimum absolute atomic E-state index is 0.148. The number of hydrogen-bond acceptors (Lipinski definition) is 4. The molecule has 0 fully saturated rings.